The Morgan fingerprint density at radius 3 is 2.52 bits per heavy atom. The van der Waals surface area contributed by atoms with Crippen molar-refractivity contribution in [2.75, 3.05) is 13.2 Å². The predicted molar refractivity (Wildman–Crippen MR) is 78.4 cm³/mol. The Morgan fingerprint density at radius 2 is 1.95 bits per heavy atom. The minimum atomic E-state index is -3.95. The molecule has 0 atom stereocenters. The van der Waals surface area contributed by atoms with Crippen LogP contribution in [-0.2, 0) is 10.0 Å². The largest absolute Gasteiger partial charge is 0.396 e. The van der Waals surface area contributed by atoms with Gasteiger partial charge in [-0.15, -0.1) is 0 Å². The van der Waals surface area contributed by atoms with E-state index in [-0.39, 0.29) is 23.5 Å². The molecule has 0 saturated heterocycles. The molecule has 0 bridgehead atoms. The van der Waals surface area contributed by atoms with Crippen LogP contribution in [0.25, 0.3) is 0 Å². The van der Waals surface area contributed by atoms with Gasteiger partial charge in [0.2, 0.25) is 10.0 Å². The maximum absolute atomic E-state index is 12.2. The van der Waals surface area contributed by atoms with Crippen LogP contribution in [0.1, 0.15) is 26.7 Å². The number of nitro benzene ring substituents is 1. The Kier molecular flexibility index (Phi) is 5.82. The zero-order valence-corrected chi connectivity index (χ0v) is 12.9. The van der Waals surface area contributed by atoms with Crippen molar-refractivity contribution in [3.05, 3.63) is 34.4 Å². The molecule has 8 heteroatoms. The first-order valence-electron chi connectivity index (χ1n) is 6.53. The Hall–Kier alpha value is -1.51. The van der Waals surface area contributed by atoms with E-state index >= 15 is 0 Å². The van der Waals surface area contributed by atoms with E-state index in [2.05, 4.69) is 4.72 Å². The van der Waals surface area contributed by atoms with E-state index < -0.39 is 20.6 Å². The zero-order valence-electron chi connectivity index (χ0n) is 12.1. The summed E-state index contributed by atoms with van der Waals surface area (Å²) in [5.41, 5.74) is -0.794. The van der Waals surface area contributed by atoms with E-state index in [0.29, 0.717) is 12.8 Å². The van der Waals surface area contributed by atoms with Crippen molar-refractivity contribution in [3.8, 4) is 0 Å². The Labute approximate surface area is 124 Å². The molecular formula is C13H20N2O5S. The van der Waals surface area contributed by atoms with Gasteiger partial charge in [-0.05, 0) is 24.3 Å². The molecule has 2 N–H and O–H groups in total. The van der Waals surface area contributed by atoms with Gasteiger partial charge >= 0.3 is 0 Å². The van der Waals surface area contributed by atoms with Crippen LogP contribution >= 0.6 is 0 Å². The van der Waals surface area contributed by atoms with Gasteiger partial charge in [-0.2, -0.15) is 0 Å². The van der Waals surface area contributed by atoms with Gasteiger partial charge in [0.1, 0.15) is 0 Å². The maximum atomic E-state index is 12.2. The van der Waals surface area contributed by atoms with Gasteiger partial charge in [0, 0.05) is 19.2 Å². The molecule has 0 aliphatic heterocycles. The summed E-state index contributed by atoms with van der Waals surface area (Å²) in [6.07, 6.45) is 1.21. The number of nitrogens with zero attached hydrogens (tertiary/aromatic N) is 1. The minimum Gasteiger partial charge on any atom is -0.396 e. The smallest absolute Gasteiger partial charge is 0.289 e. The molecule has 1 aromatic carbocycles. The molecule has 0 spiro atoms. The van der Waals surface area contributed by atoms with Gasteiger partial charge < -0.3 is 5.11 Å². The molecule has 0 saturated carbocycles. The number of rotatable bonds is 8. The van der Waals surface area contributed by atoms with E-state index in [1.54, 1.807) is 0 Å². The van der Waals surface area contributed by atoms with E-state index in [1.165, 1.54) is 18.2 Å². The normalized spacial score (nSPS) is 12.3. The van der Waals surface area contributed by atoms with Crippen molar-refractivity contribution in [2.24, 2.45) is 5.41 Å². The Morgan fingerprint density at radius 1 is 1.33 bits per heavy atom. The number of para-hydroxylation sites is 1. The number of sulfonamides is 1. The van der Waals surface area contributed by atoms with Crippen molar-refractivity contribution < 1.29 is 18.4 Å². The van der Waals surface area contributed by atoms with Gasteiger partial charge in [-0.3, -0.25) is 10.1 Å². The number of benzene rings is 1. The van der Waals surface area contributed by atoms with Crippen LogP contribution < -0.4 is 4.72 Å². The van der Waals surface area contributed by atoms with Crippen molar-refractivity contribution in [2.45, 2.75) is 31.6 Å². The fourth-order valence-corrected chi connectivity index (χ4v) is 3.26. The fourth-order valence-electron chi connectivity index (χ4n) is 1.85. The van der Waals surface area contributed by atoms with Crippen LogP contribution in [0.15, 0.2) is 29.2 Å². The molecule has 0 radical (unpaired) electrons. The molecule has 0 aromatic heterocycles. The van der Waals surface area contributed by atoms with Crippen LogP contribution in [0, 0.1) is 15.5 Å². The van der Waals surface area contributed by atoms with Gasteiger partial charge in [-0.1, -0.05) is 26.0 Å². The lowest BCUT2D eigenvalue weighted by molar-refractivity contribution is -0.387. The van der Waals surface area contributed by atoms with Crippen LogP contribution in [0.2, 0.25) is 0 Å². The van der Waals surface area contributed by atoms with E-state index in [4.69, 9.17) is 5.11 Å². The SMILES string of the molecule is CC(C)(CCCO)CNS(=O)(=O)c1ccccc1[N+](=O)[O-]. The molecule has 0 aliphatic carbocycles. The molecule has 118 valence electrons. The fraction of sp³-hybridized carbons (Fsp3) is 0.538. The molecule has 0 heterocycles. The van der Waals surface area contributed by atoms with Crippen LogP contribution in [0.5, 0.6) is 0 Å². The first kappa shape index (κ1) is 17.5. The first-order valence-corrected chi connectivity index (χ1v) is 8.02. The molecular weight excluding hydrogens is 296 g/mol. The minimum absolute atomic E-state index is 0.0420. The molecule has 0 aliphatic rings. The Balaban J connectivity index is 2.91. The molecule has 0 unspecified atom stereocenters. The van der Waals surface area contributed by atoms with Crippen molar-refractivity contribution in [1.29, 1.82) is 0 Å². The van der Waals surface area contributed by atoms with Crippen molar-refractivity contribution >= 4 is 15.7 Å². The van der Waals surface area contributed by atoms with Gasteiger partial charge in [0.25, 0.3) is 5.69 Å². The van der Waals surface area contributed by atoms with E-state index in [1.807, 2.05) is 13.8 Å². The lowest BCUT2D eigenvalue weighted by atomic mass is 9.88. The number of aliphatic hydroxyl groups excluding tert-OH is 1. The van der Waals surface area contributed by atoms with E-state index in [9.17, 15) is 18.5 Å². The number of aliphatic hydroxyl groups is 1. The highest BCUT2D eigenvalue weighted by Crippen LogP contribution is 2.25. The lowest BCUT2D eigenvalue weighted by Crippen LogP contribution is -2.34. The average Bonchev–Trinajstić information content (AvgIpc) is 2.43. The summed E-state index contributed by atoms with van der Waals surface area (Å²) in [6, 6.07) is 5.23. The quantitative estimate of drug-likeness (QED) is 0.560. The number of nitrogens with one attached hydrogen (secondary N) is 1. The second-order valence-electron chi connectivity index (χ2n) is 5.54. The highest BCUT2D eigenvalue weighted by atomic mass is 32.2. The highest BCUT2D eigenvalue weighted by molar-refractivity contribution is 7.89. The molecule has 0 fully saturated rings. The summed E-state index contributed by atoms with van der Waals surface area (Å²) in [7, 11) is -3.95. The first-order chi connectivity index (χ1) is 9.69. The number of hydrogen-bond acceptors (Lipinski definition) is 5. The third-order valence-electron chi connectivity index (χ3n) is 3.10. The standard InChI is InChI=1S/C13H20N2O5S/c1-13(2,8-5-9-16)10-14-21(19,20)12-7-4-3-6-11(12)15(17)18/h3-4,6-7,14,16H,5,8-10H2,1-2H3. The monoisotopic (exact) mass is 316 g/mol. The third kappa shape index (κ3) is 5.07. The second-order valence-corrected chi connectivity index (χ2v) is 7.28. The molecule has 1 aromatic rings. The summed E-state index contributed by atoms with van der Waals surface area (Å²) < 4.78 is 26.8. The van der Waals surface area contributed by atoms with Gasteiger partial charge in [0.05, 0.1) is 4.92 Å². The lowest BCUT2D eigenvalue weighted by Gasteiger charge is -2.24. The van der Waals surface area contributed by atoms with Gasteiger partial charge in [-0.25, -0.2) is 13.1 Å². The summed E-state index contributed by atoms with van der Waals surface area (Å²) in [5, 5.41) is 19.7. The number of nitro groups is 1. The van der Waals surface area contributed by atoms with Crippen LogP contribution in [0.3, 0.4) is 0 Å². The third-order valence-corrected chi connectivity index (χ3v) is 4.55. The van der Waals surface area contributed by atoms with Crippen LogP contribution in [0.4, 0.5) is 5.69 Å². The molecule has 0 amide bonds. The summed E-state index contributed by atoms with van der Waals surface area (Å²) in [4.78, 5) is 9.84. The molecule has 21 heavy (non-hydrogen) atoms. The molecule has 7 nitrogen and oxygen atoms in total. The number of hydrogen-bond donors (Lipinski definition) is 2. The van der Waals surface area contributed by atoms with Crippen molar-refractivity contribution in [3.63, 3.8) is 0 Å². The predicted octanol–water partition coefficient (Wildman–Crippen LogP) is 1.67. The highest BCUT2D eigenvalue weighted by Gasteiger charge is 2.27. The second kappa shape index (κ2) is 6.97. The topological polar surface area (TPSA) is 110 Å². The average molecular weight is 316 g/mol. The molecule has 1 rings (SSSR count). The summed E-state index contributed by atoms with van der Waals surface area (Å²) >= 11 is 0. The van der Waals surface area contributed by atoms with Crippen LogP contribution in [-0.4, -0.2) is 31.6 Å². The summed E-state index contributed by atoms with van der Waals surface area (Å²) in [6.45, 7) is 3.91. The van der Waals surface area contributed by atoms with E-state index in [0.717, 1.165) is 6.07 Å². The van der Waals surface area contributed by atoms with Gasteiger partial charge in [0.15, 0.2) is 4.90 Å². The van der Waals surface area contributed by atoms with Crippen molar-refractivity contribution in [1.82, 2.24) is 4.72 Å². The zero-order chi connectivity index (χ0) is 16.1. The Bertz CT molecular complexity index is 598. The summed E-state index contributed by atoms with van der Waals surface area (Å²) in [5.74, 6) is 0. The maximum Gasteiger partial charge on any atom is 0.289 e.